The summed E-state index contributed by atoms with van der Waals surface area (Å²) in [5, 5.41) is 1.04. The molecule has 100 valence electrons. The molecule has 0 bridgehead atoms. The van der Waals surface area contributed by atoms with Crippen molar-refractivity contribution in [2.24, 2.45) is 0 Å². The van der Waals surface area contributed by atoms with Gasteiger partial charge in [0, 0.05) is 21.1 Å². The second-order valence-electron chi connectivity index (χ2n) is 4.95. The maximum Gasteiger partial charge on any atom is 0.0875 e. The SMILES string of the molecule is Cc1c(-c2ccccc2)nc2c(Br)ccc(C)c2c1N. The van der Waals surface area contributed by atoms with E-state index in [1.807, 2.05) is 31.2 Å². The van der Waals surface area contributed by atoms with Crippen LogP contribution < -0.4 is 5.73 Å². The fraction of sp³-hybridized carbons (Fsp3) is 0.118. The summed E-state index contributed by atoms with van der Waals surface area (Å²) in [5.41, 5.74) is 12.3. The van der Waals surface area contributed by atoms with Gasteiger partial charge in [-0.2, -0.15) is 0 Å². The molecule has 2 aromatic carbocycles. The zero-order valence-electron chi connectivity index (χ0n) is 11.4. The van der Waals surface area contributed by atoms with E-state index in [0.717, 1.165) is 43.4 Å². The Hall–Kier alpha value is -1.87. The van der Waals surface area contributed by atoms with E-state index in [1.54, 1.807) is 0 Å². The molecule has 0 fully saturated rings. The first-order valence-electron chi connectivity index (χ1n) is 6.50. The highest BCUT2D eigenvalue weighted by molar-refractivity contribution is 9.10. The van der Waals surface area contributed by atoms with E-state index in [2.05, 4.69) is 41.1 Å². The molecule has 20 heavy (non-hydrogen) atoms. The fourth-order valence-electron chi connectivity index (χ4n) is 2.50. The van der Waals surface area contributed by atoms with Gasteiger partial charge in [-0.1, -0.05) is 36.4 Å². The predicted octanol–water partition coefficient (Wildman–Crippen LogP) is 4.86. The fourth-order valence-corrected chi connectivity index (χ4v) is 2.92. The third kappa shape index (κ3) is 1.98. The molecular weight excluding hydrogens is 312 g/mol. The zero-order valence-corrected chi connectivity index (χ0v) is 13.0. The molecule has 0 spiro atoms. The van der Waals surface area contributed by atoms with E-state index >= 15 is 0 Å². The van der Waals surface area contributed by atoms with Crippen molar-refractivity contribution in [2.45, 2.75) is 13.8 Å². The van der Waals surface area contributed by atoms with Crippen LogP contribution in [0.5, 0.6) is 0 Å². The van der Waals surface area contributed by atoms with Crippen LogP contribution >= 0.6 is 15.9 Å². The number of nitrogens with two attached hydrogens (primary N) is 1. The van der Waals surface area contributed by atoms with Gasteiger partial charge in [-0.05, 0) is 47.0 Å². The standard InChI is InChI=1S/C17H15BrN2/c1-10-8-9-13(18)17-14(10)15(19)11(2)16(20-17)12-6-4-3-5-7-12/h3-9H,1-2H3,(H2,19,20). The Morgan fingerprint density at radius 3 is 2.40 bits per heavy atom. The Kier molecular flexibility index (Phi) is 3.22. The topological polar surface area (TPSA) is 38.9 Å². The van der Waals surface area contributed by atoms with Gasteiger partial charge in [0.05, 0.1) is 11.2 Å². The lowest BCUT2D eigenvalue weighted by atomic mass is 10.00. The number of hydrogen-bond donors (Lipinski definition) is 1. The highest BCUT2D eigenvalue weighted by Gasteiger charge is 2.14. The van der Waals surface area contributed by atoms with Crippen LogP contribution in [0.1, 0.15) is 11.1 Å². The second kappa shape index (κ2) is 4.91. The molecule has 0 amide bonds. The number of nitrogen functional groups attached to an aromatic ring is 1. The van der Waals surface area contributed by atoms with Gasteiger partial charge in [-0.3, -0.25) is 0 Å². The molecule has 0 saturated carbocycles. The smallest absolute Gasteiger partial charge is 0.0875 e. The van der Waals surface area contributed by atoms with E-state index in [0.29, 0.717) is 0 Å². The number of hydrogen-bond acceptors (Lipinski definition) is 2. The van der Waals surface area contributed by atoms with Crippen molar-refractivity contribution in [2.75, 3.05) is 5.73 Å². The molecule has 1 aromatic heterocycles. The summed E-state index contributed by atoms with van der Waals surface area (Å²) >= 11 is 3.58. The minimum absolute atomic E-state index is 0.813. The minimum Gasteiger partial charge on any atom is -0.398 e. The summed E-state index contributed by atoms with van der Waals surface area (Å²) in [7, 11) is 0. The van der Waals surface area contributed by atoms with E-state index in [9.17, 15) is 0 Å². The molecule has 3 heteroatoms. The molecule has 0 saturated heterocycles. The van der Waals surface area contributed by atoms with Crippen molar-refractivity contribution in [3.8, 4) is 11.3 Å². The molecule has 0 aliphatic rings. The summed E-state index contributed by atoms with van der Waals surface area (Å²) in [5.74, 6) is 0. The summed E-state index contributed by atoms with van der Waals surface area (Å²) < 4.78 is 0.974. The summed E-state index contributed by atoms with van der Waals surface area (Å²) in [6.45, 7) is 4.10. The Morgan fingerprint density at radius 1 is 1.00 bits per heavy atom. The van der Waals surface area contributed by atoms with Crippen molar-refractivity contribution in [1.82, 2.24) is 4.98 Å². The summed E-state index contributed by atoms with van der Waals surface area (Å²) in [6, 6.07) is 14.2. The van der Waals surface area contributed by atoms with Crippen LogP contribution in [0, 0.1) is 13.8 Å². The van der Waals surface area contributed by atoms with Crippen LogP contribution in [-0.2, 0) is 0 Å². The highest BCUT2D eigenvalue weighted by Crippen LogP contribution is 2.35. The molecule has 0 aliphatic carbocycles. The summed E-state index contributed by atoms with van der Waals surface area (Å²) in [4.78, 5) is 4.84. The van der Waals surface area contributed by atoms with Gasteiger partial charge in [0.15, 0.2) is 0 Å². The van der Waals surface area contributed by atoms with Crippen molar-refractivity contribution in [1.29, 1.82) is 0 Å². The molecule has 2 N–H and O–H groups in total. The quantitative estimate of drug-likeness (QED) is 0.693. The molecule has 0 atom stereocenters. The van der Waals surface area contributed by atoms with Gasteiger partial charge < -0.3 is 5.73 Å². The van der Waals surface area contributed by atoms with E-state index in [-0.39, 0.29) is 0 Å². The second-order valence-corrected chi connectivity index (χ2v) is 5.81. The van der Waals surface area contributed by atoms with E-state index in [4.69, 9.17) is 10.7 Å². The van der Waals surface area contributed by atoms with E-state index in [1.165, 1.54) is 0 Å². The Balaban J connectivity index is 2.42. The average molecular weight is 327 g/mol. The highest BCUT2D eigenvalue weighted by atomic mass is 79.9. The largest absolute Gasteiger partial charge is 0.398 e. The Labute approximate surface area is 126 Å². The van der Waals surface area contributed by atoms with Crippen LogP contribution in [0.25, 0.3) is 22.2 Å². The average Bonchev–Trinajstić information content (AvgIpc) is 2.47. The molecule has 3 rings (SSSR count). The van der Waals surface area contributed by atoms with Gasteiger partial charge in [-0.15, -0.1) is 0 Å². The maximum atomic E-state index is 6.37. The number of fused-ring (bicyclic) bond motifs is 1. The molecule has 2 nitrogen and oxygen atoms in total. The number of aryl methyl sites for hydroxylation is 1. The molecule has 1 heterocycles. The first-order chi connectivity index (χ1) is 9.59. The number of benzene rings is 2. The number of halogens is 1. The Bertz CT molecular complexity index is 795. The van der Waals surface area contributed by atoms with Crippen molar-refractivity contribution in [3.05, 3.63) is 58.1 Å². The van der Waals surface area contributed by atoms with Crippen LogP contribution in [0.2, 0.25) is 0 Å². The van der Waals surface area contributed by atoms with Gasteiger partial charge in [0.25, 0.3) is 0 Å². The first kappa shape index (κ1) is 13.1. The lowest BCUT2D eigenvalue weighted by Gasteiger charge is -2.14. The van der Waals surface area contributed by atoms with Crippen LogP contribution in [0.3, 0.4) is 0 Å². The monoisotopic (exact) mass is 326 g/mol. The number of nitrogens with zero attached hydrogens (tertiary/aromatic N) is 1. The minimum atomic E-state index is 0.813. The predicted molar refractivity (Wildman–Crippen MR) is 88.8 cm³/mol. The van der Waals surface area contributed by atoms with Crippen LogP contribution in [0.4, 0.5) is 5.69 Å². The van der Waals surface area contributed by atoms with Crippen molar-refractivity contribution >= 4 is 32.5 Å². The van der Waals surface area contributed by atoms with Gasteiger partial charge in [0.2, 0.25) is 0 Å². The van der Waals surface area contributed by atoms with Crippen LogP contribution in [-0.4, -0.2) is 4.98 Å². The Morgan fingerprint density at radius 2 is 1.70 bits per heavy atom. The molecular formula is C17H15BrN2. The molecule has 3 aromatic rings. The maximum absolute atomic E-state index is 6.37. The zero-order chi connectivity index (χ0) is 14.3. The third-order valence-corrected chi connectivity index (χ3v) is 4.28. The van der Waals surface area contributed by atoms with Crippen molar-refractivity contribution in [3.63, 3.8) is 0 Å². The number of anilines is 1. The number of aromatic nitrogens is 1. The van der Waals surface area contributed by atoms with Gasteiger partial charge >= 0.3 is 0 Å². The van der Waals surface area contributed by atoms with Gasteiger partial charge in [0.1, 0.15) is 0 Å². The van der Waals surface area contributed by atoms with Crippen molar-refractivity contribution < 1.29 is 0 Å². The summed E-state index contributed by atoms with van der Waals surface area (Å²) in [6.07, 6.45) is 0. The lowest BCUT2D eigenvalue weighted by Crippen LogP contribution is -2.00. The lowest BCUT2D eigenvalue weighted by molar-refractivity contribution is 1.31. The van der Waals surface area contributed by atoms with E-state index < -0.39 is 0 Å². The first-order valence-corrected chi connectivity index (χ1v) is 7.29. The number of pyridine rings is 1. The van der Waals surface area contributed by atoms with Crippen LogP contribution in [0.15, 0.2) is 46.9 Å². The normalized spacial score (nSPS) is 10.9. The number of rotatable bonds is 1. The van der Waals surface area contributed by atoms with Gasteiger partial charge in [-0.25, -0.2) is 4.98 Å². The third-order valence-electron chi connectivity index (χ3n) is 3.64. The molecule has 0 radical (unpaired) electrons. The molecule has 0 unspecified atom stereocenters. The molecule has 0 aliphatic heterocycles.